The highest BCUT2D eigenvalue weighted by molar-refractivity contribution is 5.01. The molecule has 0 amide bonds. The van der Waals surface area contributed by atoms with E-state index < -0.39 is 0 Å². The summed E-state index contributed by atoms with van der Waals surface area (Å²) < 4.78 is 0. The van der Waals surface area contributed by atoms with Crippen molar-refractivity contribution in [2.24, 2.45) is 5.73 Å². The van der Waals surface area contributed by atoms with Crippen molar-refractivity contribution in [1.82, 2.24) is 20.2 Å². The smallest absolute Gasteiger partial charge is 0.134 e. The Morgan fingerprint density at radius 1 is 1.35 bits per heavy atom. The van der Waals surface area contributed by atoms with E-state index in [-0.39, 0.29) is 12.1 Å². The van der Waals surface area contributed by atoms with Crippen LogP contribution in [0.2, 0.25) is 0 Å². The number of hydrogen-bond acceptors (Lipinski definition) is 5. The van der Waals surface area contributed by atoms with Crippen LogP contribution in [0.1, 0.15) is 25.1 Å². The molecule has 0 bridgehead atoms. The number of nitrogens with one attached hydrogen (secondary N) is 1. The van der Waals surface area contributed by atoms with E-state index in [2.05, 4.69) is 27.1 Å². The molecule has 1 fully saturated rings. The van der Waals surface area contributed by atoms with Gasteiger partial charge in [-0.15, -0.1) is 0 Å². The molecule has 0 radical (unpaired) electrons. The monoisotopic (exact) mass is 235 g/mol. The topological polar surface area (TPSA) is 67.1 Å². The number of hydrogen-bond donors (Lipinski definition) is 2. The fraction of sp³-hybridized carbons (Fsp3) is 0.667. The Labute approximate surface area is 102 Å². The normalized spacial score (nSPS) is 21.1. The van der Waals surface area contributed by atoms with Crippen LogP contribution in [-0.4, -0.2) is 47.2 Å². The molecule has 3 N–H and O–H groups in total. The third-order valence-corrected chi connectivity index (χ3v) is 3.34. The van der Waals surface area contributed by atoms with Gasteiger partial charge in [-0.1, -0.05) is 6.92 Å². The highest BCUT2D eigenvalue weighted by Gasteiger charge is 2.26. The van der Waals surface area contributed by atoms with Crippen LogP contribution in [0.15, 0.2) is 18.5 Å². The minimum Gasteiger partial charge on any atom is -0.315 e. The molecular formula is C12H21N5. The highest BCUT2D eigenvalue weighted by atomic mass is 15.3. The predicted molar refractivity (Wildman–Crippen MR) is 67.5 cm³/mol. The summed E-state index contributed by atoms with van der Waals surface area (Å²) in [6, 6.07) is 1.84. The summed E-state index contributed by atoms with van der Waals surface area (Å²) >= 11 is 0. The van der Waals surface area contributed by atoms with Crippen LogP contribution in [0.5, 0.6) is 0 Å². The standard InChI is InChI=1S/C12H21N5/c1-2-10(12-15-4-3-5-16-12)11(13)17-8-6-14-7-9-17/h3-5,10-11,14H,2,6-9,13H2,1H3. The zero-order chi connectivity index (χ0) is 12.1. The van der Waals surface area contributed by atoms with E-state index in [0.29, 0.717) is 0 Å². The summed E-state index contributed by atoms with van der Waals surface area (Å²) in [4.78, 5) is 11.0. The molecule has 0 aliphatic carbocycles. The van der Waals surface area contributed by atoms with E-state index >= 15 is 0 Å². The molecule has 94 valence electrons. The van der Waals surface area contributed by atoms with Gasteiger partial charge in [0.25, 0.3) is 0 Å². The highest BCUT2D eigenvalue weighted by Crippen LogP contribution is 2.20. The van der Waals surface area contributed by atoms with Gasteiger partial charge in [0.15, 0.2) is 0 Å². The van der Waals surface area contributed by atoms with Gasteiger partial charge < -0.3 is 11.1 Å². The molecule has 1 aromatic heterocycles. The molecule has 2 rings (SSSR count). The van der Waals surface area contributed by atoms with E-state index in [1.165, 1.54) is 0 Å². The number of piperazine rings is 1. The zero-order valence-electron chi connectivity index (χ0n) is 10.3. The van der Waals surface area contributed by atoms with E-state index in [9.17, 15) is 0 Å². The van der Waals surface area contributed by atoms with Crippen LogP contribution < -0.4 is 11.1 Å². The van der Waals surface area contributed by atoms with Crippen molar-refractivity contribution in [2.75, 3.05) is 26.2 Å². The van der Waals surface area contributed by atoms with Crippen LogP contribution in [0.4, 0.5) is 0 Å². The Bertz CT molecular complexity index is 323. The fourth-order valence-corrected chi connectivity index (χ4v) is 2.31. The first-order chi connectivity index (χ1) is 8.33. The Morgan fingerprint density at radius 3 is 2.59 bits per heavy atom. The molecule has 1 aliphatic rings. The van der Waals surface area contributed by atoms with Crippen molar-refractivity contribution in [1.29, 1.82) is 0 Å². The van der Waals surface area contributed by atoms with Crippen molar-refractivity contribution < 1.29 is 0 Å². The van der Waals surface area contributed by atoms with Gasteiger partial charge in [0.1, 0.15) is 5.82 Å². The maximum absolute atomic E-state index is 6.35. The second kappa shape index (κ2) is 6.05. The van der Waals surface area contributed by atoms with Crippen molar-refractivity contribution in [2.45, 2.75) is 25.4 Å². The van der Waals surface area contributed by atoms with Gasteiger partial charge in [0, 0.05) is 44.5 Å². The number of nitrogens with zero attached hydrogens (tertiary/aromatic N) is 3. The fourth-order valence-electron chi connectivity index (χ4n) is 2.31. The van der Waals surface area contributed by atoms with E-state index in [4.69, 9.17) is 5.73 Å². The lowest BCUT2D eigenvalue weighted by Crippen LogP contribution is -2.54. The van der Waals surface area contributed by atoms with Crippen molar-refractivity contribution in [3.8, 4) is 0 Å². The SMILES string of the molecule is CCC(c1ncccn1)C(N)N1CCNCC1. The summed E-state index contributed by atoms with van der Waals surface area (Å²) in [5, 5.41) is 3.34. The Morgan fingerprint density at radius 2 is 2.00 bits per heavy atom. The van der Waals surface area contributed by atoms with Crippen LogP contribution in [-0.2, 0) is 0 Å². The quantitative estimate of drug-likeness (QED) is 0.778. The molecular weight excluding hydrogens is 214 g/mol. The van der Waals surface area contributed by atoms with Gasteiger partial charge >= 0.3 is 0 Å². The second-order valence-electron chi connectivity index (χ2n) is 4.40. The molecule has 0 spiro atoms. The average Bonchev–Trinajstić information content (AvgIpc) is 2.42. The zero-order valence-corrected chi connectivity index (χ0v) is 10.3. The molecule has 2 heterocycles. The van der Waals surface area contributed by atoms with Crippen molar-refractivity contribution >= 4 is 0 Å². The third-order valence-electron chi connectivity index (χ3n) is 3.34. The number of aromatic nitrogens is 2. The molecule has 2 unspecified atom stereocenters. The third kappa shape index (κ3) is 3.00. The summed E-state index contributed by atoms with van der Waals surface area (Å²) in [6.45, 7) is 6.18. The van der Waals surface area contributed by atoms with E-state index in [0.717, 1.165) is 38.4 Å². The Hall–Kier alpha value is -1.04. The van der Waals surface area contributed by atoms with Gasteiger partial charge in [-0.3, -0.25) is 4.90 Å². The van der Waals surface area contributed by atoms with Crippen molar-refractivity contribution in [3.63, 3.8) is 0 Å². The van der Waals surface area contributed by atoms with E-state index in [1.54, 1.807) is 12.4 Å². The largest absolute Gasteiger partial charge is 0.315 e. The number of nitrogens with two attached hydrogens (primary N) is 1. The molecule has 2 atom stereocenters. The van der Waals surface area contributed by atoms with Crippen LogP contribution in [0.3, 0.4) is 0 Å². The molecule has 5 heteroatoms. The van der Waals surface area contributed by atoms with Crippen molar-refractivity contribution in [3.05, 3.63) is 24.3 Å². The predicted octanol–water partition coefficient (Wildman–Crippen LogP) is 0.160. The first kappa shape index (κ1) is 12.4. The number of rotatable bonds is 4. The van der Waals surface area contributed by atoms with Gasteiger partial charge in [0.05, 0.1) is 6.17 Å². The van der Waals surface area contributed by atoms with Gasteiger partial charge in [-0.25, -0.2) is 9.97 Å². The summed E-state index contributed by atoms with van der Waals surface area (Å²) in [5.41, 5.74) is 6.35. The average molecular weight is 235 g/mol. The summed E-state index contributed by atoms with van der Waals surface area (Å²) in [6.07, 6.45) is 4.56. The van der Waals surface area contributed by atoms with Gasteiger partial charge in [-0.05, 0) is 12.5 Å². The molecule has 17 heavy (non-hydrogen) atoms. The maximum Gasteiger partial charge on any atom is 0.134 e. The van der Waals surface area contributed by atoms with Crippen LogP contribution in [0, 0.1) is 0 Å². The molecule has 5 nitrogen and oxygen atoms in total. The summed E-state index contributed by atoms with van der Waals surface area (Å²) in [5.74, 6) is 1.08. The molecule has 0 aromatic carbocycles. The molecule has 0 saturated carbocycles. The lowest BCUT2D eigenvalue weighted by Gasteiger charge is -2.36. The molecule has 1 saturated heterocycles. The maximum atomic E-state index is 6.35. The lowest BCUT2D eigenvalue weighted by atomic mass is 10.0. The van der Waals surface area contributed by atoms with Crippen LogP contribution in [0.25, 0.3) is 0 Å². The lowest BCUT2D eigenvalue weighted by molar-refractivity contribution is 0.149. The Kier molecular flexibility index (Phi) is 4.42. The minimum absolute atomic E-state index is 0.0181. The van der Waals surface area contributed by atoms with Gasteiger partial charge in [0.2, 0.25) is 0 Å². The summed E-state index contributed by atoms with van der Waals surface area (Å²) in [7, 11) is 0. The Balaban J connectivity index is 2.07. The van der Waals surface area contributed by atoms with Gasteiger partial charge in [-0.2, -0.15) is 0 Å². The molecule has 1 aromatic rings. The first-order valence-electron chi connectivity index (χ1n) is 6.30. The second-order valence-corrected chi connectivity index (χ2v) is 4.40. The first-order valence-corrected chi connectivity index (χ1v) is 6.30. The van der Waals surface area contributed by atoms with E-state index in [1.807, 2.05) is 6.07 Å². The minimum atomic E-state index is 0.0181. The van der Waals surface area contributed by atoms with Crippen LogP contribution >= 0.6 is 0 Å². The molecule has 1 aliphatic heterocycles.